The fourth-order valence-electron chi connectivity index (χ4n) is 7.76. The lowest BCUT2D eigenvalue weighted by molar-refractivity contribution is -0.192. The van der Waals surface area contributed by atoms with Gasteiger partial charge >= 0.3 is 18.3 Å². The number of aryl methyl sites for hydroxylation is 1. The molecule has 20 heteroatoms. The van der Waals surface area contributed by atoms with Gasteiger partial charge in [-0.25, -0.2) is 14.2 Å². The summed E-state index contributed by atoms with van der Waals surface area (Å²) in [5, 5.41) is 37.3. The summed E-state index contributed by atoms with van der Waals surface area (Å²) in [6, 6.07) is 8.10. The van der Waals surface area contributed by atoms with Crippen molar-refractivity contribution in [3.63, 3.8) is 0 Å². The number of nitrogens with one attached hydrogen (secondary N) is 1. The first kappa shape index (κ1) is 38.8. The molecule has 1 aliphatic carbocycles. The van der Waals surface area contributed by atoms with Crippen LogP contribution in [-0.2, 0) is 47.7 Å². The van der Waals surface area contributed by atoms with Crippen molar-refractivity contribution in [2.45, 2.75) is 62.2 Å². The molecule has 4 fully saturated rings. The van der Waals surface area contributed by atoms with Crippen molar-refractivity contribution in [2.75, 3.05) is 49.7 Å². The number of aliphatic hydroxyl groups is 1. The van der Waals surface area contributed by atoms with E-state index in [-0.39, 0.29) is 74.6 Å². The molecule has 3 N–H and O–H groups in total. The number of fused-ring (bicyclic) bond motifs is 3. The number of benzene rings is 1. The minimum atomic E-state index is -5.08. The van der Waals surface area contributed by atoms with Crippen molar-refractivity contribution < 1.29 is 55.3 Å². The number of alkyl halides is 7. The predicted octanol–water partition coefficient (Wildman–Crippen LogP) is 4.16. The average Bonchev–Trinajstić information content (AvgIpc) is 3.62. The molecule has 0 spiro atoms. The monoisotopic (exact) mass is 768 g/mol. The van der Waals surface area contributed by atoms with Crippen LogP contribution >= 0.6 is 0 Å². The zero-order valence-corrected chi connectivity index (χ0v) is 28.8. The van der Waals surface area contributed by atoms with Gasteiger partial charge < -0.3 is 24.8 Å². The molecule has 8 rings (SSSR count). The molecule has 2 bridgehead atoms. The number of aromatic nitrogens is 4. The van der Waals surface area contributed by atoms with Crippen LogP contribution < -0.4 is 10.2 Å². The molecule has 2 aromatic heterocycles. The Balaban J connectivity index is 0.000000649. The third-order valence-electron chi connectivity index (χ3n) is 10.1. The number of carbonyl (C=O) groups excluding carboxylic acids is 1. The molecule has 0 radical (unpaired) electrons. The number of carbonyl (C=O) groups is 2. The Morgan fingerprint density at radius 2 is 1.81 bits per heavy atom. The van der Waals surface area contributed by atoms with E-state index >= 15 is 4.39 Å². The number of rotatable bonds is 10. The number of pyridine rings is 1. The number of ether oxygens (including phenoxy) is 1. The van der Waals surface area contributed by atoms with Crippen LogP contribution in [0.15, 0.2) is 30.6 Å². The van der Waals surface area contributed by atoms with E-state index in [2.05, 4.69) is 26.6 Å². The van der Waals surface area contributed by atoms with E-state index in [4.69, 9.17) is 19.9 Å². The maximum atomic E-state index is 15.1. The predicted molar refractivity (Wildman–Crippen MR) is 174 cm³/mol. The highest BCUT2D eigenvalue weighted by Crippen LogP contribution is 2.55. The highest BCUT2D eigenvalue weighted by molar-refractivity contribution is 6.10. The molecule has 13 nitrogen and oxygen atoms in total. The summed E-state index contributed by atoms with van der Waals surface area (Å²) in [6.45, 7) is 0.902. The minimum absolute atomic E-state index is 0.0162. The van der Waals surface area contributed by atoms with E-state index in [9.17, 15) is 36.2 Å². The number of anilines is 2. The maximum absolute atomic E-state index is 15.1. The fraction of sp³-hybridized carbons (Fsp3) is 0.529. The molecule has 1 saturated carbocycles. The first-order valence-electron chi connectivity index (χ1n) is 16.7. The number of halogens is 7. The number of nitriles is 1. The van der Waals surface area contributed by atoms with Crippen molar-refractivity contribution in [1.29, 1.82) is 5.26 Å². The van der Waals surface area contributed by atoms with E-state index in [0.29, 0.717) is 37.8 Å². The molecule has 0 atom stereocenters. The number of amides is 1. The second-order valence-electron chi connectivity index (χ2n) is 14.4. The number of aliphatic carboxylic acids is 1. The summed E-state index contributed by atoms with van der Waals surface area (Å²) in [4.78, 5) is 30.4. The Kier molecular flexibility index (Phi) is 10.1. The first-order chi connectivity index (χ1) is 25.3. The van der Waals surface area contributed by atoms with Gasteiger partial charge in [-0.3, -0.25) is 14.6 Å². The summed E-state index contributed by atoms with van der Waals surface area (Å²) in [6.07, 6.45) is -7.09. The van der Waals surface area contributed by atoms with Crippen molar-refractivity contribution in [3.8, 4) is 6.07 Å². The number of aliphatic hydroxyl groups excluding tert-OH is 1. The third kappa shape index (κ3) is 7.70. The van der Waals surface area contributed by atoms with Crippen LogP contribution in [0.2, 0.25) is 0 Å². The summed E-state index contributed by atoms with van der Waals surface area (Å²) in [5.74, 6) is -2.12. The Labute approximate surface area is 303 Å². The van der Waals surface area contributed by atoms with Gasteiger partial charge in [0.1, 0.15) is 29.5 Å². The highest BCUT2D eigenvalue weighted by Gasteiger charge is 2.60. The van der Waals surface area contributed by atoms with Gasteiger partial charge in [-0.2, -0.15) is 31.6 Å². The lowest BCUT2D eigenvalue weighted by Gasteiger charge is -2.59. The number of nitrogens with zero attached hydrogens (tertiary/aromatic N) is 7. The number of carboxylic acid groups (broad SMARTS) is 1. The van der Waals surface area contributed by atoms with Gasteiger partial charge in [0.15, 0.2) is 0 Å². The Hall–Kier alpha value is -4.87. The number of carboxylic acids is 1. The molecule has 3 saturated heterocycles. The van der Waals surface area contributed by atoms with Gasteiger partial charge in [0.25, 0.3) is 5.91 Å². The van der Waals surface area contributed by atoms with Gasteiger partial charge in [0.05, 0.1) is 44.4 Å². The Morgan fingerprint density at radius 1 is 1.11 bits per heavy atom. The number of hydrogen-bond acceptors (Lipinski definition) is 10. The molecular weight excluding hydrogens is 733 g/mol. The van der Waals surface area contributed by atoms with E-state index in [1.165, 1.54) is 11.0 Å². The van der Waals surface area contributed by atoms with Gasteiger partial charge in [0.2, 0.25) is 0 Å². The lowest BCUT2D eigenvalue weighted by Crippen LogP contribution is -2.66. The van der Waals surface area contributed by atoms with Crippen LogP contribution in [0.25, 0.3) is 0 Å². The van der Waals surface area contributed by atoms with E-state index in [1.54, 1.807) is 21.9 Å². The van der Waals surface area contributed by atoms with Crippen LogP contribution in [0.5, 0.6) is 0 Å². The fourth-order valence-corrected chi connectivity index (χ4v) is 7.76. The highest BCUT2D eigenvalue weighted by atomic mass is 19.4. The Morgan fingerprint density at radius 3 is 2.37 bits per heavy atom. The van der Waals surface area contributed by atoms with Crippen molar-refractivity contribution >= 4 is 23.5 Å². The van der Waals surface area contributed by atoms with Crippen LogP contribution in [0, 0.1) is 16.7 Å². The Bertz CT molecular complexity index is 1970. The smallest absolute Gasteiger partial charge is 0.475 e. The molecule has 54 heavy (non-hydrogen) atoms. The number of hydrogen-bond donors (Lipinski definition) is 3. The molecule has 1 aromatic carbocycles. The van der Waals surface area contributed by atoms with E-state index < -0.39 is 46.3 Å². The third-order valence-corrected chi connectivity index (χ3v) is 10.1. The van der Waals surface area contributed by atoms with Gasteiger partial charge in [-0.05, 0) is 53.8 Å². The molecule has 290 valence electrons. The van der Waals surface area contributed by atoms with Gasteiger partial charge in [-0.15, -0.1) is 10.2 Å². The second kappa shape index (κ2) is 14.1. The van der Waals surface area contributed by atoms with Crippen LogP contribution in [0.3, 0.4) is 0 Å². The van der Waals surface area contributed by atoms with Crippen molar-refractivity contribution in [3.05, 3.63) is 64.2 Å². The molecule has 6 heterocycles. The van der Waals surface area contributed by atoms with Crippen LogP contribution in [0.1, 0.15) is 57.7 Å². The minimum Gasteiger partial charge on any atom is -0.475 e. The molecular formula is C34H35F7N8O5. The van der Waals surface area contributed by atoms with E-state index in [0.717, 1.165) is 11.6 Å². The van der Waals surface area contributed by atoms with Crippen LogP contribution in [-0.4, -0.2) is 98.0 Å². The first-order valence-corrected chi connectivity index (χ1v) is 16.7. The van der Waals surface area contributed by atoms with Crippen LogP contribution in [0.4, 0.5) is 42.4 Å². The number of piperidine rings is 2. The standard InChI is InChI=1S/C32H34F4N8O3.C2HF3O2/c1-42-19-39-41-27(42)9-30(17-47-18-30)21-7-25(38-4-2-3-37)40-26(8-21)44-11-23-22(28(44)46)5-20(6-24(23)32(34,35)36)10-43-14-29(16-45)12-31(33,13-29)15-43;3-2(4,5)1(6)7/h5-8,19,45H,2,4,9-18H2,1H3,(H,38,40);(H,6,7). The largest absolute Gasteiger partial charge is 0.490 e. The molecule has 5 aliphatic rings. The summed E-state index contributed by atoms with van der Waals surface area (Å²) in [5.41, 5.74) is -2.72. The summed E-state index contributed by atoms with van der Waals surface area (Å²) >= 11 is 0. The topological polar surface area (TPSA) is 170 Å². The molecule has 0 unspecified atom stereocenters. The second-order valence-corrected chi connectivity index (χ2v) is 14.4. The lowest BCUT2D eigenvalue weighted by atomic mass is 9.57. The zero-order valence-electron chi connectivity index (χ0n) is 28.8. The van der Waals surface area contributed by atoms with E-state index in [1.807, 2.05) is 13.1 Å². The summed E-state index contributed by atoms with van der Waals surface area (Å²) in [7, 11) is 1.83. The average molecular weight is 769 g/mol. The zero-order chi connectivity index (χ0) is 39.3. The van der Waals surface area contributed by atoms with Crippen molar-refractivity contribution in [1.82, 2.24) is 24.6 Å². The normalized spacial score (nSPS) is 23.0. The summed E-state index contributed by atoms with van der Waals surface area (Å²) < 4.78 is 97.8. The van der Waals surface area contributed by atoms with Gasteiger partial charge in [0, 0.05) is 56.0 Å². The quantitative estimate of drug-likeness (QED) is 0.200. The maximum Gasteiger partial charge on any atom is 0.490 e. The molecule has 3 aromatic rings. The SMILES string of the molecule is Cn1cnnc1CC1(c2cc(NCCC#N)nc(N3Cc4c(cc(CN5CC6(F)CC(CO)(C5)C6)cc4C(F)(F)F)C3=O)c2)COC1.O=C(O)C(F)(F)F. The van der Waals surface area contributed by atoms with Crippen molar-refractivity contribution in [2.24, 2.45) is 12.5 Å². The molecule has 4 aliphatic heterocycles. The van der Waals surface area contributed by atoms with Gasteiger partial charge in [-0.1, -0.05) is 0 Å². The molecule has 1 amide bonds.